The molecule has 7 nitrogen and oxygen atoms in total. The monoisotopic (exact) mass is 1850 g/mol. The van der Waals surface area contributed by atoms with Crippen LogP contribution in [0.4, 0.5) is 34.1 Å². The second-order valence-corrected chi connectivity index (χ2v) is 29.8. The molecule has 0 unspecified atom stereocenters. The molecule has 14 aromatic carbocycles. The van der Waals surface area contributed by atoms with Crippen molar-refractivity contribution in [3.63, 3.8) is 0 Å². The van der Waals surface area contributed by atoms with E-state index in [0.717, 1.165) is 101 Å². The number of hydrogen-bond acceptors (Lipinski definition) is 5. The topological polar surface area (TPSA) is 55.0 Å². The molecule has 1 saturated heterocycles. The van der Waals surface area contributed by atoms with E-state index in [1.54, 1.807) is 13.8 Å². The molecule has 1 fully saturated rings. The van der Waals surface area contributed by atoms with Gasteiger partial charge >= 0.3 is 7.12 Å². The zero-order chi connectivity index (χ0) is 73.0. The minimum atomic E-state index is -0.583. The van der Waals surface area contributed by atoms with Crippen LogP contribution in [0.25, 0.3) is 111 Å². The van der Waals surface area contributed by atoms with Crippen molar-refractivity contribution < 1.29 is 76.6 Å². The maximum absolute atomic E-state index is 9.06. The van der Waals surface area contributed by atoms with Crippen LogP contribution in [0.1, 0.15) is 66.5 Å². The molecule has 1 N–H and O–H groups in total. The molecule has 1 aliphatic rings. The summed E-state index contributed by atoms with van der Waals surface area (Å²) in [5, 5.41) is 13.9. The van der Waals surface area contributed by atoms with Crippen LogP contribution in [0.2, 0.25) is 0 Å². The van der Waals surface area contributed by atoms with Crippen molar-refractivity contribution in [3.05, 3.63) is 351 Å². The van der Waals surface area contributed by atoms with E-state index >= 15 is 0 Å². The van der Waals surface area contributed by atoms with E-state index in [9.17, 15) is 0 Å². The van der Waals surface area contributed by atoms with Crippen LogP contribution in [0.3, 0.4) is 0 Å². The van der Waals surface area contributed by atoms with Crippen molar-refractivity contribution in [3.8, 4) is 67.0 Å². The van der Waals surface area contributed by atoms with E-state index in [1.807, 2.05) is 19.9 Å². The van der Waals surface area contributed by atoms with E-state index in [1.165, 1.54) is 65.9 Å². The fourth-order valence-electron chi connectivity index (χ4n) is 14.6. The fraction of sp³-hybridized carbons (Fsp3) is 0.133. The van der Waals surface area contributed by atoms with Crippen molar-refractivity contribution in [1.29, 1.82) is 0 Å². The summed E-state index contributed by atoms with van der Waals surface area (Å²) < 4.78 is 17.9. The summed E-state index contributed by atoms with van der Waals surface area (Å²) in [6, 6.07) is 122. The number of fused-ring (bicyclic) bond motifs is 6. The Hall–Kier alpha value is -9.67. The molecule has 0 saturated carbocycles. The molecule has 0 spiro atoms. The average Bonchev–Trinajstić information content (AvgIpc) is 1.59. The zero-order valence-electron chi connectivity index (χ0n) is 62.8. The van der Waals surface area contributed by atoms with Crippen LogP contribution in [0.5, 0.6) is 0 Å². The Labute approximate surface area is 683 Å². The van der Waals surface area contributed by atoms with Crippen LogP contribution < -0.4 is 15.3 Å². The predicted octanol–water partition coefficient (Wildman–Crippen LogP) is 25.2. The van der Waals surface area contributed by atoms with Crippen molar-refractivity contribution in [2.45, 2.75) is 86.0 Å². The standard InChI is InChI=1S/C92H72BN4O2.C6H13O.2U/c1-62-21-19-20-30-85(62)94(78-48-35-68(36-49-78)72-41-54-89-83(60-72)81-58-70(64-22-11-7-12-23-64)39-52-87(81)96(89)75-26-15-9-16-27-75)77-44-31-66(32-45-77)67-33-46-79(47-34-67)95(86-56-43-74(57-63(86)2)93-98-91(3,4)92(5,6)99-93)80-50-37-69(38-51-80)73-42-55-90-84(61-73)82-59-71(65-24-13-8-14-25-65)40-53-88(82)97(90)76-28-17-10-18-29-76;1-5(2)6(3,4)7;;/h7-18,20-61H,1-6H3;7H,1-4H3;;/q2*-1;;. The summed E-state index contributed by atoms with van der Waals surface area (Å²) in [7, 11) is -0.475. The van der Waals surface area contributed by atoms with Gasteiger partial charge in [-0.3, -0.25) is 5.92 Å². The molecule has 0 radical (unpaired) electrons. The number of aromatic nitrogens is 2. The van der Waals surface area contributed by atoms with E-state index in [0.29, 0.717) is 0 Å². The van der Waals surface area contributed by atoms with Crippen LogP contribution in [0, 0.1) is 88.1 Å². The Morgan fingerprint density at radius 2 is 0.648 bits per heavy atom. The number of aryl methyl sites for hydroxylation is 2. The number of aliphatic hydroxyl groups is 1. The van der Waals surface area contributed by atoms with Gasteiger partial charge in [0.25, 0.3) is 0 Å². The Kier molecular flexibility index (Phi) is 21.7. The largest absolute Gasteiger partial charge is 0.494 e. The third-order valence-electron chi connectivity index (χ3n) is 21.8. The number of anilines is 6. The molecule has 0 amide bonds. The first kappa shape index (κ1) is 75.2. The van der Waals surface area contributed by atoms with Gasteiger partial charge in [-0.25, -0.2) is 0 Å². The van der Waals surface area contributed by atoms with Crippen molar-refractivity contribution in [2.75, 3.05) is 9.80 Å². The van der Waals surface area contributed by atoms with Crippen LogP contribution in [0.15, 0.2) is 328 Å². The van der Waals surface area contributed by atoms with Gasteiger partial charge in [0.15, 0.2) is 0 Å². The maximum atomic E-state index is 9.06. The number of benzene rings is 14. The summed E-state index contributed by atoms with van der Waals surface area (Å²) in [5.74, 6) is 1.05. The minimum absolute atomic E-state index is 0. The quantitative estimate of drug-likeness (QED) is 0.0819. The molecule has 528 valence electrons. The van der Waals surface area contributed by atoms with Gasteiger partial charge in [0.1, 0.15) is 0 Å². The maximum Gasteiger partial charge on any atom is 0.494 e. The Morgan fingerprint density at radius 3 is 0.954 bits per heavy atom. The summed E-state index contributed by atoms with van der Waals surface area (Å²) in [5.41, 5.74) is 26.8. The first-order valence-electron chi connectivity index (χ1n) is 36.7. The first-order chi connectivity index (χ1) is 51.3. The number of para-hydroxylation sites is 2. The van der Waals surface area contributed by atoms with E-state index in [4.69, 9.17) is 14.4 Å². The van der Waals surface area contributed by atoms with Gasteiger partial charge in [-0.05, 0) is 229 Å². The normalized spacial score (nSPS) is 13.1. The fourth-order valence-corrected chi connectivity index (χ4v) is 14.6. The van der Waals surface area contributed by atoms with Gasteiger partial charge in [-0.2, -0.15) is 32.0 Å². The van der Waals surface area contributed by atoms with E-state index < -0.39 is 23.9 Å². The molecular weight excluding hydrogens is 1770 g/mol. The van der Waals surface area contributed by atoms with Crippen molar-refractivity contribution in [1.82, 2.24) is 9.13 Å². The van der Waals surface area contributed by atoms with E-state index in [2.05, 4.69) is 388 Å². The summed E-state index contributed by atoms with van der Waals surface area (Å²) >= 11 is 0. The van der Waals surface area contributed by atoms with Gasteiger partial charge in [-0.1, -0.05) is 214 Å². The molecule has 0 bridgehead atoms. The van der Waals surface area contributed by atoms with Crippen molar-refractivity contribution >= 4 is 90.3 Å². The molecule has 3 heterocycles. The van der Waals surface area contributed by atoms with Gasteiger partial charge < -0.3 is 33.3 Å². The Balaban J connectivity index is 0.00000104. The van der Waals surface area contributed by atoms with Gasteiger partial charge in [-0.15, -0.1) is 11.6 Å². The van der Waals surface area contributed by atoms with E-state index in [-0.39, 0.29) is 62.2 Å². The molecule has 0 atom stereocenters. The van der Waals surface area contributed by atoms with Crippen LogP contribution in [-0.4, -0.2) is 38.2 Å². The van der Waals surface area contributed by atoms with Gasteiger partial charge in [0.05, 0.1) is 33.3 Å². The predicted molar refractivity (Wildman–Crippen MR) is 447 cm³/mol. The zero-order valence-corrected chi connectivity index (χ0v) is 71.1. The summed E-state index contributed by atoms with van der Waals surface area (Å²) in [6.45, 7) is 20.2. The second kappa shape index (κ2) is 31.1. The van der Waals surface area contributed by atoms with Gasteiger partial charge in [0, 0.05) is 124 Å². The van der Waals surface area contributed by atoms with Gasteiger partial charge in [0.2, 0.25) is 0 Å². The molecule has 10 heteroatoms. The molecule has 16 aromatic rings. The molecule has 0 aliphatic carbocycles. The van der Waals surface area contributed by atoms with Crippen LogP contribution in [-0.2, 0) is 9.31 Å². The number of hydrogen-bond donors (Lipinski definition) is 1. The summed E-state index contributed by atoms with van der Waals surface area (Å²) in [4.78, 5) is 4.73. The second-order valence-electron chi connectivity index (χ2n) is 29.8. The Morgan fingerprint density at radius 1 is 0.361 bits per heavy atom. The number of nitrogens with zero attached hydrogens (tertiary/aromatic N) is 4. The summed E-state index contributed by atoms with van der Waals surface area (Å²) in [6.07, 6.45) is 0. The number of rotatable bonds is 15. The molecule has 2 aromatic heterocycles. The molecular formula is C98H85BN4O3U2-2. The molecule has 17 rings (SSSR count). The molecule has 1 aliphatic heterocycles. The average molecular weight is 1850 g/mol. The smallest absolute Gasteiger partial charge is 0.422 e. The SMILES string of the molecule is C[C-](C)C(C)(C)O.Cc1c[c-]ccc1N(c1ccc(-c2ccc(N(c3ccc(-c4ccc5c(c4)c4cc(-c6ccccc6)ccc4n5-c4ccccc4)cc3)c3ccc(B4OC(C)(C)C(C)(C)O4)cc3C)cc2)cc1)c1ccc(-c2ccc3c(c2)c2cc(-c4ccccc4)ccc2n3-c2ccccc2)cc1.[U].[U]. The van der Waals surface area contributed by atoms with Crippen LogP contribution >= 0.6 is 0 Å². The third kappa shape index (κ3) is 14.8. The minimum Gasteiger partial charge on any atom is -0.422 e. The van der Waals surface area contributed by atoms with Crippen molar-refractivity contribution in [2.24, 2.45) is 0 Å². The third-order valence-corrected chi connectivity index (χ3v) is 21.8. The Bertz CT molecular complexity index is 5840. The first-order valence-corrected chi connectivity index (χ1v) is 36.7. The molecule has 108 heavy (non-hydrogen) atoms.